The molecule has 0 unspecified atom stereocenters. The molecule has 2 aliphatic heterocycles. The summed E-state index contributed by atoms with van der Waals surface area (Å²) in [7, 11) is 0. The van der Waals surface area contributed by atoms with E-state index in [-0.39, 0.29) is 5.91 Å². The topological polar surface area (TPSA) is 69.8 Å². The summed E-state index contributed by atoms with van der Waals surface area (Å²) in [4.78, 5) is 21.5. The number of aliphatic hydroxyl groups is 1. The first kappa shape index (κ1) is 20.2. The van der Waals surface area contributed by atoms with Crippen molar-refractivity contribution in [3.8, 4) is 0 Å². The van der Waals surface area contributed by atoms with Gasteiger partial charge in [0.1, 0.15) is 5.58 Å². The number of benzene rings is 1. The van der Waals surface area contributed by atoms with Gasteiger partial charge in [-0.25, -0.2) is 0 Å². The fourth-order valence-electron chi connectivity index (χ4n) is 5.04. The van der Waals surface area contributed by atoms with E-state index in [0.29, 0.717) is 44.3 Å². The van der Waals surface area contributed by atoms with Crippen LogP contribution in [0.5, 0.6) is 0 Å². The minimum atomic E-state index is -0.775. The van der Waals surface area contributed by atoms with Gasteiger partial charge < -0.3 is 14.4 Å². The molecule has 1 amide bonds. The van der Waals surface area contributed by atoms with Crippen LogP contribution in [0.25, 0.3) is 11.0 Å². The number of hydrogen-bond donors (Lipinski definition) is 1. The maximum atomic E-state index is 12.9. The number of aromatic nitrogens is 1. The fraction of sp³-hybridized carbons (Fsp3) is 0.440. The van der Waals surface area contributed by atoms with E-state index in [9.17, 15) is 9.90 Å². The Bertz CT molecular complexity index is 1010. The van der Waals surface area contributed by atoms with Crippen LogP contribution in [0, 0.1) is 0 Å². The zero-order chi connectivity index (χ0) is 21.3. The number of carbonyl (C=O) groups excluding carboxylic acids is 1. The quantitative estimate of drug-likeness (QED) is 0.692. The molecule has 3 aromatic rings. The Morgan fingerprint density at radius 1 is 1.13 bits per heavy atom. The first-order valence-corrected chi connectivity index (χ1v) is 11.3. The highest BCUT2D eigenvalue weighted by atomic mass is 16.3. The minimum Gasteiger partial charge on any atom is -0.451 e. The normalized spacial score (nSPS) is 22.0. The smallest absolute Gasteiger partial charge is 0.289 e. The van der Waals surface area contributed by atoms with Crippen molar-refractivity contribution in [2.24, 2.45) is 0 Å². The average Bonchev–Trinajstić information content (AvgIpc) is 3.24. The number of β-amino-alcohol motifs (C(OH)–C–C–N with tert-alkyl or cyclic N) is 1. The van der Waals surface area contributed by atoms with E-state index in [1.807, 2.05) is 42.6 Å². The van der Waals surface area contributed by atoms with Crippen LogP contribution < -0.4 is 0 Å². The average molecular weight is 420 g/mol. The van der Waals surface area contributed by atoms with Crippen molar-refractivity contribution in [1.82, 2.24) is 14.8 Å². The monoisotopic (exact) mass is 419 g/mol. The molecule has 162 valence electrons. The van der Waals surface area contributed by atoms with Crippen LogP contribution in [0.3, 0.4) is 0 Å². The van der Waals surface area contributed by atoms with Gasteiger partial charge >= 0.3 is 0 Å². The maximum absolute atomic E-state index is 12.9. The molecule has 1 aromatic carbocycles. The van der Waals surface area contributed by atoms with Gasteiger partial charge in [0.05, 0.1) is 5.60 Å². The molecule has 2 aliphatic rings. The van der Waals surface area contributed by atoms with Crippen molar-refractivity contribution in [3.05, 3.63) is 66.2 Å². The van der Waals surface area contributed by atoms with Gasteiger partial charge in [-0.3, -0.25) is 14.7 Å². The third-order valence-corrected chi connectivity index (χ3v) is 6.80. The largest absolute Gasteiger partial charge is 0.451 e. The third kappa shape index (κ3) is 4.23. The molecular formula is C25H29N3O3. The van der Waals surface area contributed by atoms with Crippen LogP contribution in [0.1, 0.15) is 54.3 Å². The molecule has 0 radical (unpaired) electrons. The molecular weight excluding hydrogens is 390 g/mol. The number of pyridine rings is 1. The van der Waals surface area contributed by atoms with Crippen molar-refractivity contribution in [1.29, 1.82) is 0 Å². The zero-order valence-electron chi connectivity index (χ0n) is 17.7. The number of para-hydroxylation sites is 1. The molecule has 0 bridgehead atoms. The van der Waals surface area contributed by atoms with Gasteiger partial charge in [-0.05, 0) is 56.0 Å². The highest BCUT2D eigenvalue weighted by molar-refractivity contribution is 5.96. The summed E-state index contributed by atoms with van der Waals surface area (Å²) >= 11 is 0. The molecule has 4 heterocycles. The molecule has 2 aromatic heterocycles. The summed E-state index contributed by atoms with van der Waals surface area (Å²) < 4.78 is 5.75. The third-order valence-electron chi connectivity index (χ3n) is 6.80. The summed E-state index contributed by atoms with van der Waals surface area (Å²) in [6.45, 7) is 2.71. The van der Waals surface area contributed by atoms with Gasteiger partial charge in [0.15, 0.2) is 5.76 Å². The second-order valence-electron chi connectivity index (χ2n) is 8.93. The molecule has 0 aliphatic carbocycles. The van der Waals surface area contributed by atoms with Gasteiger partial charge in [0.25, 0.3) is 5.91 Å². The van der Waals surface area contributed by atoms with Gasteiger partial charge in [0, 0.05) is 43.5 Å². The van der Waals surface area contributed by atoms with E-state index < -0.39 is 5.60 Å². The Balaban J connectivity index is 1.24. The minimum absolute atomic E-state index is 0.0931. The van der Waals surface area contributed by atoms with Crippen molar-refractivity contribution in [2.75, 3.05) is 26.2 Å². The summed E-state index contributed by atoms with van der Waals surface area (Å²) in [5.74, 6) is 0.281. The Kier molecular flexibility index (Phi) is 5.50. The van der Waals surface area contributed by atoms with Crippen LogP contribution in [0.15, 0.2) is 59.3 Å². The van der Waals surface area contributed by atoms with Gasteiger partial charge in [-0.2, -0.15) is 0 Å². The van der Waals surface area contributed by atoms with Crippen LogP contribution in [-0.4, -0.2) is 57.6 Å². The molecule has 0 saturated carbocycles. The molecule has 5 rings (SSSR count). The zero-order valence-corrected chi connectivity index (χ0v) is 17.7. The molecule has 1 N–H and O–H groups in total. The second-order valence-corrected chi connectivity index (χ2v) is 8.93. The Hall–Kier alpha value is -2.70. The molecule has 2 saturated heterocycles. The highest BCUT2D eigenvalue weighted by Crippen LogP contribution is 2.34. The molecule has 1 atom stereocenters. The van der Waals surface area contributed by atoms with Gasteiger partial charge in [-0.1, -0.05) is 30.7 Å². The molecule has 6 heteroatoms. The number of nitrogens with zero attached hydrogens (tertiary/aromatic N) is 3. The number of likely N-dealkylation sites (tertiary alicyclic amines) is 2. The lowest BCUT2D eigenvalue weighted by atomic mass is 9.88. The molecule has 31 heavy (non-hydrogen) atoms. The summed E-state index contributed by atoms with van der Waals surface area (Å²) in [5, 5.41) is 12.3. The van der Waals surface area contributed by atoms with E-state index in [0.717, 1.165) is 30.4 Å². The predicted octanol–water partition coefficient (Wildman–Crippen LogP) is 4.02. The van der Waals surface area contributed by atoms with Crippen LogP contribution in [0.4, 0.5) is 0 Å². The number of piperidine rings is 2. The van der Waals surface area contributed by atoms with Crippen molar-refractivity contribution in [3.63, 3.8) is 0 Å². The van der Waals surface area contributed by atoms with E-state index in [1.54, 1.807) is 11.1 Å². The lowest BCUT2D eigenvalue weighted by Crippen LogP contribution is -2.53. The van der Waals surface area contributed by atoms with Crippen LogP contribution >= 0.6 is 0 Å². The lowest BCUT2D eigenvalue weighted by molar-refractivity contribution is -0.0543. The van der Waals surface area contributed by atoms with Crippen molar-refractivity contribution in [2.45, 2.75) is 43.7 Å². The highest BCUT2D eigenvalue weighted by Gasteiger charge is 2.38. The van der Waals surface area contributed by atoms with E-state index in [2.05, 4.69) is 16.0 Å². The van der Waals surface area contributed by atoms with Crippen LogP contribution in [-0.2, 0) is 0 Å². The number of carbonyl (C=O) groups is 1. The summed E-state index contributed by atoms with van der Waals surface area (Å²) in [5.41, 5.74) is 1.18. The molecule has 6 nitrogen and oxygen atoms in total. The number of amides is 1. The van der Waals surface area contributed by atoms with E-state index in [4.69, 9.17) is 4.42 Å². The first-order valence-electron chi connectivity index (χ1n) is 11.3. The summed E-state index contributed by atoms with van der Waals surface area (Å²) in [6.07, 6.45) is 8.36. The first-order chi connectivity index (χ1) is 15.1. The second kappa shape index (κ2) is 8.44. The fourth-order valence-corrected chi connectivity index (χ4v) is 5.04. The van der Waals surface area contributed by atoms with E-state index >= 15 is 0 Å². The number of furan rings is 1. The Labute approximate surface area is 182 Å². The molecule has 2 fully saturated rings. The predicted molar refractivity (Wildman–Crippen MR) is 119 cm³/mol. The van der Waals surface area contributed by atoms with Crippen molar-refractivity contribution >= 4 is 16.9 Å². The standard InChI is InChI=1S/C25H29N3O3/c29-24(23-16-19-6-1-2-9-22(19)31-23)27-14-10-25(30,11-15-27)18-28-13-4-3-8-21(28)20-7-5-12-26-17-20/h1-2,5-7,9,12,16-17,21,30H,3-4,8,10-11,13-15,18H2/t21-/m1/s1. The SMILES string of the molecule is O=C(c1cc2ccccc2o1)N1CCC(O)(CN2CCCC[C@@H]2c2cccnc2)CC1. The van der Waals surface area contributed by atoms with Gasteiger partial charge in [-0.15, -0.1) is 0 Å². The lowest BCUT2D eigenvalue weighted by Gasteiger charge is -2.44. The Morgan fingerprint density at radius 3 is 2.74 bits per heavy atom. The number of fused-ring (bicyclic) bond motifs is 1. The van der Waals surface area contributed by atoms with Crippen molar-refractivity contribution < 1.29 is 14.3 Å². The summed E-state index contributed by atoms with van der Waals surface area (Å²) in [6, 6.07) is 13.9. The number of hydrogen-bond acceptors (Lipinski definition) is 5. The molecule has 0 spiro atoms. The van der Waals surface area contributed by atoms with Gasteiger partial charge in [0.2, 0.25) is 0 Å². The van der Waals surface area contributed by atoms with Crippen LogP contribution in [0.2, 0.25) is 0 Å². The van der Waals surface area contributed by atoms with E-state index in [1.165, 1.54) is 12.0 Å². The Morgan fingerprint density at radius 2 is 1.97 bits per heavy atom. The number of rotatable bonds is 4. The maximum Gasteiger partial charge on any atom is 0.289 e.